The number of nitrogens with one attached hydrogen (secondary N) is 1. The molecule has 3 heteroatoms. The van der Waals surface area contributed by atoms with E-state index in [1.54, 1.807) is 0 Å². The maximum Gasteiger partial charge on any atom is 0.0483 e. The molecule has 0 spiro atoms. The van der Waals surface area contributed by atoms with E-state index in [1.165, 1.54) is 55.4 Å². The van der Waals surface area contributed by atoms with Crippen LogP contribution in [0.2, 0.25) is 0 Å². The van der Waals surface area contributed by atoms with Gasteiger partial charge in [-0.2, -0.15) is 0 Å². The SMILES string of the molecule is CNCc1cn(CCCN2CCCC2)c2ccccc12. The van der Waals surface area contributed by atoms with Crippen LogP contribution >= 0.6 is 0 Å². The van der Waals surface area contributed by atoms with Crippen molar-refractivity contribution in [3.63, 3.8) is 0 Å². The fourth-order valence-corrected chi connectivity index (χ4v) is 3.31. The van der Waals surface area contributed by atoms with Crippen molar-refractivity contribution in [3.8, 4) is 0 Å². The predicted molar refractivity (Wildman–Crippen MR) is 85.0 cm³/mol. The predicted octanol–water partition coefficient (Wildman–Crippen LogP) is 2.85. The third-order valence-electron chi connectivity index (χ3n) is 4.31. The van der Waals surface area contributed by atoms with Crippen LogP contribution in [0, 0.1) is 0 Å². The van der Waals surface area contributed by atoms with Gasteiger partial charge in [0.15, 0.2) is 0 Å². The topological polar surface area (TPSA) is 20.2 Å². The second kappa shape index (κ2) is 6.42. The molecule has 0 aliphatic carbocycles. The molecule has 1 N–H and O–H groups in total. The highest BCUT2D eigenvalue weighted by atomic mass is 15.1. The van der Waals surface area contributed by atoms with Crippen molar-refractivity contribution in [3.05, 3.63) is 36.0 Å². The zero-order valence-electron chi connectivity index (χ0n) is 12.4. The first kappa shape index (κ1) is 13.7. The van der Waals surface area contributed by atoms with Gasteiger partial charge in [-0.25, -0.2) is 0 Å². The third-order valence-corrected chi connectivity index (χ3v) is 4.31. The van der Waals surface area contributed by atoms with Crippen molar-refractivity contribution in [1.82, 2.24) is 14.8 Å². The van der Waals surface area contributed by atoms with E-state index in [0.717, 1.165) is 13.1 Å². The molecule has 3 rings (SSSR count). The fourth-order valence-electron chi connectivity index (χ4n) is 3.31. The van der Waals surface area contributed by atoms with Crippen LogP contribution in [0.3, 0.4) is 0 Å². The van der Waals surface area contributed by atoms with Crippen molar-refractivity contribution in [2.45, 2.75) is 32.4 Å². The van der Waals surface area contributed by atoms with E-state index in [4.69, 9.17) is 0 Å². The third kappa shape index (κ3) is 2.89. The van der Waals surface area contributed by atoms with Crippen molar-refractivity contribution in [1.29, 1.82) is 0 Å². The molecule has 1 aromatic heterocycles. The number of hydrogen-bond donors (Lipinski definition) is 1. The fraction of sp³-hybridized carbons (Fsp3) is 0.529. The Morgan fingerprint density at radius 3 is 2.70 bits per heavy atom. The number of likely N-dealkylation sites (tertiary alicyclic amines) is 1. The summed E-state index contributed by atoms with van der Waals surface area (Å²) >= 11 is 0. The number of fused-ring (bicyclic) bond motifs is 1. The van der Waals surface area contributed by atoms with Gasteiger partial charge in [0.25, 0.3) is 0 Å². The second-order valence-electron chi connectivity index (χ2n) is 5.80. The first-order chi connectivity index (χ1) is 9.88. The second-order valence-corrected chi connectivity index (χ2v) is 5.80. The Balaban J connectivity index is 1.70. The van der Waals surface area contributed by atoms with E-state index >= 15 is 0 Å². The molecular weight excluding hydrogens is 246 g/mol. The van der Waals surface area contributed by atoms with Gasteiger partial charge in [0, 0.05) is 30.2 Å². The highest BCUT2D eigenvalue weighted by Gasteiger charge is 2.11. The lowest BCUT2D eigenvalue weighted by molar-refractivity contribution is 0.326. The Kier molecular flexibility index (Phi) is 4.38. The Hall–Kier alpha value is -1.32. The van der Waals surface area contributed by atoms with Crippen LogP contribution in [0.1, 0.15) is 24.8 Å². The minimum absolute atomic E-state index is 0.944. The van der Waals surface area contributed by atoms with Crippen LogP contribution in [0.5, 0.6) is 0 Å². The van der Waals surface area contributed by atoms with E-state index in [2.05, 4.69) is 45.2 Å². The zero-order chi connectivity index (χ0) is 13.8. The molecule has 1 aliphatic rings. The Labute approximate surface area is 121 Å². The average Bonchev–Trinajstić information content (AvgIpc) is 3.09. The Bertz CT molecular complexity index is 552. The minimum Gasteiger partial charge on any atom is -0.347 e. The summed E-state index contributed by atoms with van der Waals surface area (Å²) in [4.78, 5) is 2.60. The summed E-state index contributed by atoms with van der Waals surface area (Å²) in [5, 5.41) is 4.66. The summed E-state index contributed by atoms with van der Waals surface area (Å²) in [5.41, 5.74) is 2.78. The van der Waals surface area contributed by atoms with Crippen LogP contribution in [0.25, 0.3) is 10.9 Å². The van der Waals surface area contributed by atoms with Gasteiger partial charge in [0.1, 0.15) is 0 Å². The highest BCUT2D eigenvalue weighted by Crippen LogP contribution is 2.21. The molecule has 0 unspecified atom stereocenters. The van der Waals surface area contributed by atoms with Gasteiger partial charge in [0.2, 0.25) is 0 Å². The van der Waals surface area contributed by atoms with Crippen molar-refractivity contribution < 1.29 is 0 Å². The molecule has 108 valence electrons. The van der Waals surface area contributed by atoms with Crippen LogP contribution < -0.4 is 5.32 Å². The summed E-state index contributed by atoms with van der Waals surface area (Å²) in [7, 11) is 2.01. The van der Waals surface area contributed by atoms with Crippen LogP contribution in [0.4, 0.5) is 0 Å². The van der Waals surface area contributed by atoms with Gasteiger partial charge in [-0.3, -0.25) is 0 Å². The number of nitrogens with zero attached hydrogens (tertiary/aromatic N) is 2. The monoisotopic (exact) mass is 271 g/mol. The molecule has 0 amide bonds. The normalized spacial score (nSPS) is 16.2. The van der Waals surface area contributed by atoms with Crippen LogP contribution in [-0.4, -0.2) is 36.1 Å². The molecule has 0 atom stereocenters. The highest BCUT2D eigenvalue weighted by molar-refractivity contribution is 5.83. The number of para-hydroxylation sites is 1. The lowest BCUT2D eigenvalue weighted by Crippen LogP contribution is -2.21. The lowest BCUT2D eigenvalue weighted by Gasteiger charge is -2.14. The van der Waals surface area contributed by atoms with Gasteiger partial charge in [0.05, 0.1) is 0 Å². The minimum atomic E-state index is 0.944. The summed E-state index contributed by atoms with van der Waals surface area (Å²) in [6.07, 6.45) is 6.35. The molecule has 2 aromatic rings. The number of hydrogen-bond acceptors (Lipinski definition) is 2. The lowest BCUT2D eigenvalue weighted by atomic mass is 10.2. The van der Waals surface area contributed by atoms with E-state index in [0.29, 0.717) is 0 Å². The van der Waals surface area contributed by atoms with Gasteiger partial charge in [-0.15, -0.1) is 0 Å². The average molecular weight is 271 g/mol. The van der Waals surface area contributed by atoms with Crippen molar-refractivity contribution in [2.24, 2.45) is 0 Å². The molecule has 1 fully saturated rings. The van der Waals surface area contributed by atoms with E-state index in [1.807, 2.05) is 7.05 Å². The van der Waals surface area contributed by atoms with Crippen molar-refractivity contribution in [2.75, 3.05) is 26.7 Å². The molecular formula is C17H25N3. The number of benzene rings is 1. The van der Waals surface area contributed by atoms with E-state index in [9.17, 15) is 0 Å². The van der Waals surface area contributed by atoms with Crippen LogP contribution in [-0.2, 0) is 13.1 Å². The summed E-state index contributed by atoms with van der Waals surface area (Å²) in [5.74, 6) is 0. The van der Waals surface area contributed by atoms with Crippen molar-refractivity contribution >= 4 is 10.9 Å². The molecule has 2 heterocycles. The Morgan fingerprint density at radius 1 is 1.10 bits per heavy atom. The Morgan fingerprint density at radius 2 is 1.90 bits per heavy atom. The summed E-state index contributed by atoms with van der Waals surface area (Å²) in [6, 6.07) is 8.75. The molecule has 1 saturated heterocycles. The molecule has 0 saturated carbocycles. The number of rotatable bonds is 6. The van der Waals surface area contributed by atoms with E-state index in [-0.39, 0.29) is 0 Å². The summed E-state index contributed by atoms with van der Waals surface area (Å²) in [6.45, 7) is 5.92. The van der Waals surface area contributed by atoms with Gasteiger partial charge in [-0.05, 0) is 57.6 Å². The molecule has 1 aromatic carbocycles. The molecule has 0 bridgehead atoms. The quantitative estimate of drug-likeness (QED) is 0.872. The molecule has 1 aliphatic heterocycles. The van der Waals surface area contributed by atoms with Gasteiger partial charge >= 0.3 is 0 Å². The molecule has 20 heavy (non-hydrogen) atoms. The first-order valence-electron chi connectivity index (χ1n) is 7.82. The molecule has 3 nitrogen and oxygen atoms in total. The standard InChI is InChI=1S/C17H25N3/c1-18-13-15-14-20(17-8-3-2-7-16(15)17)12-6-11-19-9-4-5-10-19/h2-3,7-8,14,18H,4-6,9-13H2,1H3. The van der Waals surface area contributed by atoms with E-state index < -0.39 is 0 Å². The van der Waals surface area contributed by atoms with Gasteiger partial charge in [-0.1, -0.05) is 18.2 Å². The first-order valence-corrected chi connectivity index (χ1v) is 7.82. The maximum atomic E-state index is 3.27. The maximum absolute atomic E-state index is 3.27. The molecule has 0 radical (unpaired) electrons. The summed E-state index contributed by atoms with van der Waals surface area (Å²) < 4.78 is 2.43. The number of aromatic nitrogens is 1. The van der Waals surface area contributed by atoms with Gasteiger partial charge < -0.3 is 14.8 Å². The number of aryl methyl sites for hydroxylation is 1. The largest absolute Gasteiger partial charge is 0.347 e. The zero-order valence-corrected chi connectivity index (χ0v) is 12.4. The smallest absolute Gasteiger partial charge is 0.0483 e. The van der Waals surface area contributed by atoms with Crippen LogP contribution in [0.15, 0.2) is 30.5 Å².